The van der Waals surface area contributed by atoms with Crippen LogP contribution < -0.4 is 11.1 Å². The van der Waals surface area contributed by atoms with Gasteiger partial charge < -0.3 is 15.8 Å². The first-order valence-corrected chi connectivity index (χ1v) is 6.80. The second-order valence-electron chi connectivity index (χ2n) is 4.51. The van der Waals surface area contributed by atoms with Crippen LogP contribution in [-0.4, -0.2) is 18.6 Å². The SMILES string of the molecule is CCOC1CC1C(=O)Nc1cc(Br)cc(C)c1N. The van der Waals surface area contributed by atoms with E-state index < -0.39 is 0 Å². The van der Waals surface area contributed by atoms with Gasteiger partial charge >= 0.3 is 0 Å². The monoisotopic (exact) mass is 312 g/mol. The van der Waals surface area contributed by atoms with Crippen LogP contribution in [-0.2, 0) is 9.53 Å². The van der Waals surface area contributed by atoms with E-state index in [1.165, 1.54) is 0 Å². The lowest BCUT2D eigenvalue weighted by atomic mass is 10.1. The predicted molar refractivity (Wildman–Crippen MR) is 75.4 cm³/mol. The fourth-order valence-electron chi connectivity index (χ4n) is 1.93. The Bertz CT molecular complexity index is 476. The van der Waals surface area contributed by atoms with Gasteiger partial charge in [0.1, 0.15) is 0 Å². The molecule has 0 heterocycles. The molecule has 1 fully saturated rings. The van der Waals surface area contributed by atoms with E-state index in [2.05, 4.69) is 21.2 Å². The van der Waals surface area contributed by atoms with Gasteiger partial charge in [0.25, 0.3) is 0 Å². The summed E-state index contributed by atoms with van der Waals surface area (Å²) in [6.07, 6.45) is 0.872. The molecule has 2 atom stereocenters. The molecule has 0 aliphatic heterocycles. The van der Waals surface area contributed by atoms with Gasteiger partial charge in [-0.15, -0.1) is 0 Å². The first-order chi connectivity index (χ1) is 8.52. The van der Waals surface area contributed by atoms with E-state index in [9.17, 15) is 4.79 Å². The summed E-state index contributed by atoms with van der Waals surface area (Å²) in [6.45, 7) is 4.49. The molecule has 0 aromatic heterocycles. The number of ether oxygens (including phenoxy) is 1. The molecule has 5 heteroatoms. The Labute approximate surface area is 115 Å². The summed E-state index contributed by atoms with van der Waals surface area (Å²) in [5, 5.41) is 2.87. The van der Waals surface area contributed by atoms with Crippen LogP contribution in [0.25, 0.3) is 0 Å². The second-order valence-corrected chi connectivity index (χ2v) is 5.42. The molecule has 2 rings (SSSR count). The molecular weight excluding hydrogens is 296 g/mol. The molecule has 0 radical (unpaired) electrons. The predicted octanol–water partition coefficient (Wildman–Crippen LogP) is 2.70. The normalized spacial score (nSPS) is 21.7. The molecule has 0 bridgehead atoms. The number of carbonyl (C=O) groups excluding carboxylic acids is 1. The quantitative estimate of drug-likeness (QED) is 0.840. The number of rotatable bonds is 4. The highest BCUT2D eigenvalue weighted by Gasteiger charge is 2.44. The molecule has 1 aromatic rings. The maximum absolute atomic E-state index is 12.0. The van der Waals surface area contributed by atoms with Gasteiger partial charge in [-0.25, -0.2) is 0 Å². The van der Waals surface area contributed by atoms with Gasteiger partial charge in [0.05, 0.1) is 23.4 Å². The van der Waals surface area contributed by atoms with Gasteiger partial charge in [-0.2, -0.15) is 0 Å². The third kappa shape index (κ3) is 2.84. The van der Waals surface area contributed by atoms with Crippen molar-refractivity contribution in [3.63, 3.8) is 0 Å². The zero-order valence-electron chi connectivity index (χ0n) is 10.5. The van der Waals surface area contributed by atoms with Crippen LogP contribution in [0, 0.1) is 12.8 Å². The number of aryl methyl sites for hydroxylation is 1. The summed E-state index contributed by atoms with van der Waals surface area (Å²) < 4.78 is 6.30. The summed E-state index contributed by atoms with van der Waals surface area (Å²) in [7, 11) is 0. The van der Waals surface area contributed by atoms with E-state index in [1.807, 2.05) is 26.0 Å². The molecule has 1 amide bonds. The van der Waals surface area contributed by atoms with Gasteiger partial charge in [-0.3, -0.25) is 4.79 Å². The second kappa shape index (κ2) is 5.28. The van der Waals surface area contributed by atoms with Gasteiger partial charge in [-0.1, -0.05) is 15.9 Å². The van der Waals surface area contributed by atoms with E-state index in [0.717, 1.165) is 16.5 Å². The van der Waals surface area contributed by atoms with Crippen LogP contribution in [0.4, 0.5) is 11.4 Å². The van der Waals surface area contributed by atoms with E-state index in [4.69, 9.17) is 10.5 Å². The minimum Gasteiger partial charge on any atom is -0.397 e. The highest BCUT2D eigenvalue weighted by Crippen LogP contribution is 2.36. The van der Waals surface area contributed by atoms with Crippen molar-refractivity contribution in [3.05, 3.63) is 22.2 Å². The molecule has 1 aromatic carbocycles. The summed E-state index contributed by atoms with van der Waals surface area (Å²) in [5.74, 6) is -0.0544. The summed E-state index contributed by atoms with van der Waals surface area (Å²) in [6, 6.07) is 3.74. The fraction of sp³-hybridized carbons (Fsp3) is 0.462. The first-order valence-electron chi connectivity index (χ1n) is 6.01. The maximum Gasteiger partial charge on any atom is 0.230 e. The smallest absolute Gasteiger partial charge is 0.230 e. The van der Waals surface area contributed by atoms with E-state index in [0.29, 0.717) is 18.0 Å². The molecule has 2 unspecified atom stereocenters. The third-order valence-corrected chi connectivity index (χ3v) is 3.52. The lowest BCUT2D eigenvalue weighted by Crippen LogP contribution is -2.18. The Morgan fingerprint density at radius 2 is 2.33 bits per heavy atom. The number of nitrogens with one attached hydrogen (secondary N) is 1. The minimum absolute atomic E-state index is 0.0161. The first kappa shape index (κ1) is 13.4. The van der Waals surface area contributed by atoms with Crippen molar-refractivity contribution in [3.8, 4) is 0 Å². The molecular formula is C13H17BrN2O2. The van der Waals surface area contributed by atoms with E-state index in [1.54, 1.807) is 0 Å². The Morgan fingerprint density at radius 1 is 1.61 bits per heavy atom. The zero-order valence-corrected chi connectivity index (χ0v) is 12.1. The lowest BCUT2D eigenvalue weighted by Gasteiger charge is -2.11. The lowest BCUT2D eigenvalue weighted by molar-refractivity contribution is -0.118. The topological polar surface area (TPSA) is 64.3 Å². The number of hydrogen-bond donors (Lipinski definition) is 2. The summed E-state index contributed by atoms with van der Waals surface area (Å²) in [5.41, 5.74) is 8.16. The van der Waals surface area contributed by atoms with Crippen molar-refractivity contribution < 1.29 is 9.53 Å². The van der Waals surface area contributed by atoms with Crippen molar-refractivity contribution in [2.24, 2.45) is 5.92 Å². The minimum atomic E-state index is -0.0383. The Morgan fingerprint density at radius 3 is 3.00 bits per heavy atom. The molecule has 4 nitrogen and oxygen atoms in total. The molecule has 3 N–H and O–H groups in total. The van der Waals surface area contributed by atoms with Gasteiger partial charge in [-0.05, 0) is 38.0 Å². The van der Waals surface area contributed by atoms with Crippen molar-refractivity contribution >= 4 is 33.2 Å². The number of carbonyl (C=O) groups is 1. The molecule has 98 valence electrons. The van der Waals surface area contributed by atoms with Crippen LogP contribution in [0.5, 0.6) is 0 Å². The number of nitrogens with two attached hydrogens (primary N) is 1. The van der Waals surface area contributed by atoms with Gasteiger partial charge in [0, 0.05) is 11.1 Å². The molecule has 1 saturated carbocycles. The molecule has 1 aliphatic rings. The van der Waals surface area contributed by atoms with Crippen LogP contribution >= 0.6 is 15.9 Å². The Hall–Kier alpha value is -1.07. The molecule has 0 spiro atoms. The average molecular weight is 313 g/mol. The third-order valence-electron chi connectivity index (χ3n) is 3.06. The highest BCUT2D eigenvalue weighted by molar-refractivity contribution is 9.10. The van der Waals surface area contributed by atoms with Gasteiger partial charge in [0.2, 0.25) is 5.91 Å². The number of benzene rings is 1. The van der Waals surface area contributed by atoms with Crippen molar-refractivity contribution in [2.75, 3.05) is 17.7 Å². The number of amides is 1. The number of anilines is 2. The number of hydrogen-bond acceptors (Lipinski definition) is 3. The maximum atomic E-state index is 12.0. The average Bonchev–Trinajstić information content (AvgIpc) is 3.05. The largest absolute Gasteiger partial charge is 0.397 e. The van der Waals surface area contributed by atoms with E-state index >= 15 is 0 Å². The Balaban J connectivity index is 2.04. The van der Waals surface area contributed by atoms with Crippen LogP contribution in [0.3, 0.4) is 0 Å². The highest BCUT2D eigenvalue weighted by atomic mass is 79.9. The van der Waals surface area contributed by atoms with Crippen LogP contribution in [0.15, 0.2) is 16.6 Å². The van der Waals surface area contributed by atoms with Crippen molar-refractivity contribution in [2.45, 2.75) is 26.4 Å². The van der Waals surface area contributed by atoms with Crippen molar-refractivity contribution in [1.82, 2.24) is 0 Å². The number of halogens is 1. The standard InChI is InChI=1S/C13H17BrN2O2/c1-3-18-11-6-9(11)13(17)16-10-5-8(14)4-7(2)12(10)15/h4-5,9,11H,3,6,15H2,1-2H3,(H,16,17). The van der Waals surface area contributed by atoms with Gasteiger partial charge in [0.15, 0.2) is 0 Å². The molecule has 1 aliphatic carbocycles. The Kier molecular flexibility index (Phi) is 3.92. The van der Waals surface area contributed by atoms with Crippen LogP contribution in [0.1, 0.15) is 18.9 Å². The zero-order chi connectivity index (χ0) is 13.3. The fourth-order valence-corrected chi connectivity index (χ4v) is 2.50. The van der Waals surface area contributed by atoms with Crippen LogP contribution in [0.2, 0.25) is 0 Å². The van der Waals surface area contributed by atoms with E-state index in [-0.39, 0.29) is 17.9 Å². The summed E-state index contributed by atoms with van der Waals surface area (Å²) in [4.78, 5) is 12.0. The molecule has 0 saturated heterocycles. The summed E-state index contributed by atoms with van der Waals surface area (Å²) >= 11 is 3.39. The number of nitrogen functional groups attached to an aromatic ring is 1. The van der Waals surface area contributed by atoms with Crippen molar-refractivity contribution in [1.29, 1.82) is 0 Å². The molecule has 18 heavy (non-hydrogen) atoms.